The average Bonchev–Trinajstić information content (AvgIpc) is 3.41. The van der Waals surface area contributed by atoms with Gasteiger partial charge in [0.1, 0.15) is 5.75 Å². The molecule has 3 aromatic rings. The van der Waals surface area contributed by atoms with Gasteiger partial charge in [0.2, 0.25) is 5.91 Å². The van der Waals surface area contributed by atoms with E-state index in [0.29, 0.717) is 0 Å². The molecule has 0 saturated carbocycles. The summed E-state index contributed by atoms with van der Waals surface area (Å²) in [6, 6.07) is 16.0. The van der Waals surface area contributed by atoms with E-state index >= 15 is 0 Å². The van der Waals surface area contributed by atoms with E-state index in [1.807, 2.05) is 54.3 Å². The van der Waals surface area contributed by atoms with Crippen molar-refractivity contribution in [3.8, 4) is 17.1 Å². The van der Waals surface area contributed by atoms with Crippen molar-refractivity contribution in [3.05, 3.63) is 54.1 Å². The Labute approximate surface area is 187 Å². The maximum atomic E-state index is 13.2. The number of ether oxygens (including phenoxy) is 1. The average molecular weight is 437 g/mol. The van der Waals surface area contributed by atoms with Crippen molar-refractivity contribution in [1.82, 2.24) is 14.8 Å². The van der Waals surface area contributed by atoms with Gasteiger partial charge >= 0.3 is 0 Å². The summed E-state index contributed by atoms with van der Waals surface area (Å²) in [6.07, 6.45) is 3.01. The number of anilines is 1. The van der Waals surface area contributed by atoms with Crippen LogP contribution in [-0.2, 0) is 17.8 Å². The zero-order valence-corrected chi connectivity index (χ0v) is 19.1. The van der Waals surface area contributed by atoms with Crippen LogP contribution in [0.2, 0.25) is 0 Å². The van der Waals surface area contributed by atoms with Crippen molar-refractivity contribution >= 4 is 23.4 Å². The molecule has 2 aromatic carbocycles. The number of carbonyl (C=O) groups excluding carboxylic acids is 1. The van der Waals surface area contributed by atoms with Gasteiger partial charge in [0.25, 0.3) is 0 Å². The van der Waals surface area contributed by atoms with E-state index in [1.54, 1.807) is 7.11 Å². The predicted octanol–water partition coefficient (Wildman–Crippen LogP) is 4.82. The summed E-state index contributed by atoms with van der Waals surface area (Å²) in [5.41, 5.74) is 3.26. The Hall–Kier alpha value is -2.80. The van der Waals surface area contributed by atoms with Crippen molar-refractivity contribution < 1.29 is 9.53 Å². The van der Waals surface area contributed by atoms with E-state index in [-0.39, 0.29) is 11.2 Å². The summed E-state index contributed by atoms with van der Waals surface area (Å²) in [4.78, 5) is 15.1. The Kier molecular flexibility index (Phi) is 6.61. The van der Waals surface area contributed by atoms with Gasteiger partial charge in [-0.15, -0.1) is 10.2 Å². The highest BCUT2D eigenvalue weighted by molar-refractivity contribution is 8.00. The van der Waals surface area contributed by atoms with Crippen LogP contribution < -0.4 is 9.64 Å². The zero-order chi connectivity index (χ0) is 21.8. The van der Waals surface area contributed by atoms with Gasteiger partial charge < -0.3 is 14.2 Å². The normalized spacial score (nSPS) is 13.8. The Morgan fingerprint density at radius 1 is 1.16 bits per heavy atom. The first-order valence-corrected chi connectivity index (χ1v) is 11.6. The molecule has 1 unspecified atom stereocenters. The molecule has 1 aliphatic heterocycles. The van der Waals surface area contributed by atoms with Crippen molar-refractivity contribution in [2.75, 3.05) is 18.6 Å². The number of hydrogen-bond acceptors (Lipinski definition) is 5. The number of benzene rings is 2. The molecule has 1 aliphatic rings. The molecule has 0 radical (unpaired) electrons. The fraction of sp³-hybridized carbons (Fsp3) is 0.375. The van der Waals surface area contributed by atoms with Crippen LogP contribution in [0.4, 0.5) is 5.69 Å². The van der Waals surface area contributed by atoms with Crippen LogP contribution in [0, 0.1) is 0 Å². The predicted molar refractivity (Wildman–Crippen MR) is 125 cm³/mol. The maximum absolute atomic E-state index is 13.2. The maximum Gasteiger partial charge on any atom is 0.240 e. The molecule has 0 bridgehead atoms. The number of thioether (sulfide) groups is 1. The standard InChI is InChI=1S/C24H28N4O2S/c1-4-5-15-28-22(19-10-12-20(30-3)13-11-19)25-26-24(28)31-17(2)23(29)27-16-14-18-8-6-7-9-21(18)27/h6-13,17H,4-5,14-16H2,1-3H3. The highest BCUT2D eigenvalue weighted by Crippen LogP contribution is 2.32. The van der Waals surface area contributed by atoms with E-state index in [4.69, 9.17) is 4.74 Å². The SMILES string of the molecule is CCCCn1c(SC(C)C(=O)N2CCc3ccccc32)nnc1-c1ccc(OC)cc1. The van der Waals surface area contributed by atoms with E-state index in [0.717, 1.165) is 60.3 Å². The molecule has 31 heavy (non-hydrogen) atoms. The second-order valence-electron chi connectivity index (χ2n) is 7.67. The lowest BCUT2D eigenvalue weighted by Gasteiger charge is -2.21. The Bertz CT molecular complexity index is 1050. The number of nitrogens with zero attached hydrogens (tertiary/aromatic N) is 4. The minimum atomic E-state index is -0.251. The molecule has 6 nitrogen and oxygen atoms in total. The summed E-state index contributed by atoms with van der Waals surface area (Å²) < 4.78 is 7.41. The summed E-state index contributed by atoms with van der Waals surface area (Å²) in [7, 11) is 1.66. The van der Waals surface area contributed by atoms with E-state index < -0.39 is 0 Å². The fourth-order valence-electron chi connectivity index (χ4n) is 3.84. The Morgan fingerprint density at radius 3 is 2.68 bits per heavy atom. The van der Waals surface area contributed by atoms with Gasteiger partial charge in [-0.3, -0.25) is 4.79 Å². The lowest BCUT2D eigenvalue weighted by Crippen LogP contribution is -2.35. The number of hydrogen-bond donors (Lipinski definition) is 0. The summed E-state index contributed by atoms with van der Waals surface area (Å²) in [5.74, 6) is 1.75. The van der Waals surface area contributed by atoms with Crippen molar-refractivity contribution in [3.63, 3.8) is 0 Å². The van der Waals surface area contributed by atoms with Gasteiger partial charge in [0.05, 0.1) is 12.4 Å². The highest BCUT2D eigenvalue weighted by Gasteiger charge is 2.29. The highest BCUT2D eigenvalue weighted by atomic mass is 32.2. The van der Waals surface area contributed by atoms with Gasteiger partial charge in [-0.05, 0) is 55.7 Å². The van der Waals surface area contributed by atoms with E-state index in [2.05, 4.69) is 27.8 Å². The van der Waals surface area contributed by atoms with Gasteiger partial charge in [0, 0.05) is 24.3 Å². The van der Waals surface area contributed by atoms with Crippen LogP contribution in [0.25, 0.3) is 11.4 Å². The second-order valence-corrected chi connectivity index (χ2v) is 8.98. The summed E-state index contributed by atoms with van der Waals surface area (Å²) in [5, 5.41) is 9.46. The molecular weight excluding hydrogens is 408 g/mol. The molecule has 0 saturated heterocycles. The summed E-state index contributed by atoms with van der Waals surface area (Å²) >= 11 is 1.49. The van der Waals surface area contributed by atoms with Crippen LogP contribution in [0.1, 0.15) is 32.3 Å². The molecule has 0 aliphatic carbocycles. The Balaban J connectivity index is 1.56. The third-order valence-corrected chi connectivity index (χ3v) is 6.65. The lowest BCUT2D eigenvalue weighted by molar-refractivity contribution is -0.117. The smallest absolute Gasteiger partial charge is 0.240 e. The number of unbranched alkanes of at least 4 members (excludes halogenated alkanes) is 1. The van der Waals surface area contributed by atoms with Crippen molar-refractivity contribution in [1.29, 1.82) is 0 Å². The van der Waals surface area contributed by atoms with Crippen LogP contribution in [0.15, 0.2) is 53.7 Å². The number of methoxy groups -OCH3 is 1. The van der Waals surface area contributed by atoms with Crippen molar-refractivity contribution in [2.24, 2.45) is 0 Å². The fourth-order valence-corrected chi connectivity index (χ4v) is 4.78. The van der Waals surface area contributed by atoms with Crippen LogP contribution in [0.5, 0.6) is 5.75 Å². The van der Waals surface area contributed by atoms with E-state index in [1.165, 1.54) is 17.3 Å². The third-order valence-electron chi connectivity index (χ3n) is 5.58. The monoisotopic (exact) mass is 436 g/mol. The third kappa shape index (κ3) is 4.46. The zero-order valence-electron chi connectivity index (χ0n) is 18.2. The van der Waals surface area contributed by atoms with Crippen LogP contribution in [-0.4, -0.2) is 39.6 Å². The second kappa shape index (κ2) is 9.56. The molecule has 2 heterocycles. The first kappa shape index (κ1) is 21.4. The van der Waals surface area contributed by atoms with Gasteiger partial charge in [-0.1, -0.05) is 43.3 Å². The Morgan fingerprint density at radius 2 is 1.94 bits per heavy atom. The van der Waals surface area contributed by atoms with Gasteiger partial charge in [-0.2, -0.15) is 0 Å². The summed E-state index contributed by atoms with van der Waals surface area (Å²) in [6.45, 7) is 5.68. The largest absolute Gasteiger partial charge is 0.497 e. The lowest BCUT2D eigenvalue weighted by atomic mass is 10.2. The minimum absolute atomic E-state index is 0.117. The molecule has 4 rings (SSSR count). The number of aromatic nitrogens is 3. The number of fused-ring (bicyclic) bond motifs is 1. The molecule has 1 aromatic heterocycles. The van der Waals surface area contributed by atoms with Crippen LogP contribution >= 0.6 is 11.8 Å². The quantitative estimate of drug-likeness (QED) is 0.474. The molecule has 0 N–H and O–H groups in total. The van der Waals surface area contributed by atoms with Gasteiger partial charge in [-0.25, -0.2) is 0 Å². The molecular formula is C24H28N4O2S. The number of amides is 1. The minimum Gasteiger partial charge on any atom is -0.497 e. The van der Waals surface area contributed by atoms with Crippen molar-refractivity contribution in [2.45, 2.75) is 50.1 Å². The number of para-hydroxylation sites is 1. The molecule has 7 heteroatoms. The first-order chi connectivity index (χ1) is 15.1. The number of rotatable bonds is 8. The topological polar surface area (TPSA) is 60.2 Å². The molecule has 162 valence electrons. The molecule has 1 atom stereocenters. The number of carbonyl (C=O) groups is 1. The van der Waals surface area contributed by atoms with Crippen LogP contribution in [0.3, 0.4) is 0 Å². The van der Waals surface area contributed by atoms with E-state index in [9.17, 15) is 4.79 Å². The molecule has 1 amide bonds. The molecule has 0 spiro atoms. The first-order valence-electron chi connectivity index (χ1n) is 10.8. The molecule has 0 fully saturated rings. The van der Waals surface area contributed by atoms with Gasteiger partial charge in [0.15, 0.2) is 11.0 Å².